The fraction of sp³-hybridized carbons (Fsp3) is 0.423. The smallest absolute Gasteiger partial charge is 0.310 e. The Morgan fingerprint density at radius 2 is 1.66 bits per heavy atom. The van der Waals surface area contributed by atoms with Crippen molar-refractivity contribution in [3.05, 3.63) is 83.4 Å². The Hall–Kier alpha value is -2.39. The lowest BCUT2D eigenvalue weighted by Crippen LogP contribution is -2.60. The summed E-state index contributed by atoms with van der Waals surface area (Å²) in [5, 5.41) is 0. The summed E-state index contributed by atoms with van der Waals surface area (Å²) in [6.45, 7) is 5.45. The van der Waals surface area contributed by atoms with E-state index in [0.717, 1.165) is 25.8 Å². The molecular weight excluding hydrogens is 358 g/mol. The Bertz CT molecular complexity index is 846. The standard InChI is InChI=1S/C26H31NO2/c1-3-21-16-25-23(26(28)29-4-2)17-22(21)24(15-19-11-7-5-8-12-19)27(25)18-20-13-9-6-10-14-20/h5-14,16,22-25H,3-4,15,17-18H2,1-2H3. The third-order valence-electron chi connectivity index (χ3n) is 6.55. The van der Waals surface area contributed by atoms with Gasteiger partial charge in [0.05, 0.1) is 12.5 Å². The van der Waals surface area contributed by atoms with E-state index in [4.69, 9.17) is 4.74 Å². The molecule has 2 bridgehead atoms. The van der Waals surface area contributed by atoms with Crippen LogP contribution in [0.4, 0.5) is 0 Å². The van der Waals surface area contributed by atoms with Crippen molar-refractivity contribution in [2.75, 3.05) is 6.61 Å². The van der Waals surface area contributed by atoms with E-state index >= 15 is 0 Å². The zero-order chi connectivity index (χ0) is 20.2. The van der Waals surface area contributed by atoms with Gasteiger partial charge in [0.2, 0.25) is 0 Å². The van der Waals surface area contributed by atoms with E-state index in [2.05, 4.69) is 78.6 Å². The summed E-state index contributed by atoms with van der Waals surface area (Å²) in [5.41, 5.74) is 4.18. The molecule has 0 amide bonds. The topological polar surface area (TPSA) is 29.5 Å². The summed E-state index contributed by atoms with van der Waals surface area (Å²) in [7, 11) is 0. The number of esters is 1. The highest BCUT2D eigenvalue weighted by atomic mass is 16.5. The first-order valence-corrected chi connectivity index (χ1v) is 10.9. The summed E-state index contributed by atoms with van der Waals surface area (Å²) in [5.74, 6) is 0.305. The van der Waals surface area contributed by atoms with Crippen LogP contribution in [0.1, 0.15) is 37.8 Å². The molecule has 0 aromatic heterocycles. The van der Waals surface area contributed by atoms with Gasteiger partial charge in [0.25, 0.3) is 0 Å². The lowest BCUT2D eigenvalue weighted by atomic mass is 9.67. The number of carbonyl (C=O) groups excluding carboxylic acids is 1. The van der Waals surface area contributed by atoms with Gasteiger partial charge in [0.1, 0.15) is 0 Å². The number of fused-ring (bicyclic) bond motifs is 2. The first kappa shape index (κ1) is 19.9. The minimum atomic E-state index is -0.0639. The average Bonchev–Trinajstić information content (AvgIpc) is 2.76. The second-order valence-electron chi connectivity index (χ2n) is 8.20. The molecule has 5 rings (SSSR count). The molecule has 152 valence electrons. The van der Waals surface area contributed by atoms with Gasteiger partial charge >= 0.3 is 5.97 Å². The van der Waals surface area contributed by atoms with E-state index in [9.17, 15) is 4.79 Å². The van der Waals surface area contributed by atoms with Crippen LogP contribution >= 0.6 is 0 Å². The van der Waals surface area contributed by atoms with Crippen LogP contribution < -0.4 is 0 Å². The van der Waals surface area contributed by atoms with Gasteiger partial charge in [-0.3, -0.25) is 9.69 Å². The number of piperidine rings is 1. The van der Waals surface area contributed by atoms with Crippen molar-refractivity contribution in [1.29, 1.82) is 0 Å². The van der Waals surface area contributed by atoms with E-state index in [1.807, 2.05) is 6.92 Å². The van der Waals surface area contributed by atoms with Crippen LogP contribution in [0.15, 0.2) is 72.3 Å². The van der Waals surface area contributed by atoms with Gasteiger partial charge in [-0.15, -0.1) is 0 Å². The minimum absolute atomic E-state index is 0.0369. The maximum atomic E-state index is 12.8. The number of benzene rings is 2. The van der Waals surface area contributed by atoms with Crippen molar-refractivity contribution in [3.63, 3.8) is 0 Å². The van der Waals surface area contributed by atoms with Crippen molar-refractivity contribution in [3.8, 4) is 0 Å². The fourth-order valence-electron chi connectivity index (χ4n) is 5.20. The second kappa shape index (κ2) is 8.96. The molecule has 2 heterocycles. The second-order valence-corrected chi connectivity index (χ2v) is 8.20. The zero-order valence-corrected chi connectivity index (χ0v) is 17.5. The highest BCUT2D eigenvalue weighted by Crippen LogP contribution is 2.45. The molecule has 1 aliphatic carbocycles. The van der Waals surface area contributed by atoms with E-state index in [-0.39, 0.29) is 17.9 Å². The van der Waals surface area contributed by atoms with Crippen LogP contribution in [-0.4, -0.2) is 29.6 Å². The lowest BCUT2D eigenvalue weighted by molar-refractivity contribution is -0.154. The molecule has 0 N–H and O–H groups in total. The summed E-state index contributed by atoms with van der Waals surface area (Å²) in [6, 6.07) is 21.9. The van der Waals surface area contributed by atoms with Crippen molar-refractivity contribution >= 4 is 5.97 Å². The van der Waals surface area contributed by atoms with Crippen molar-refractivity contribution < 1.29 is 9.53 Å². The monoisotopic (exact) mass is 389 g/mol. The molecule has 0 spiro atoms. The van der Waals surface area contributed by atoms with Gasteiger partial charge in [0, 0.05) is 18.6 Å². The molecule has 4 atom stereocenters. The number of hydrogen-bond acceptors (Lipinski definition) is 3. The van der Waals surface area contributed by atoms with E-state index in [0.29, 0.717) is 18.6 Å². The third kappa shape index (κ3) is 4.16. The van der Waals surface area contributed by atoms with Crippen LogP contribution in [0.2, 0.25) is 0 Å². The summed E-state index contributed by atoms with van der Waals surface area (Å²) in [6.07, 6.45) is 5.36. The van der Waals surface area contributed by atoms with Gasteiger partial charge in [0.15, 0.2) is 0 Å². The van der Waals surface area contributed by atoms with Crippen molar-refractivity contribution in [2.24, 2.45) is 11.8 Å². The van der Waals surface area contributed by atoms with E-state index < -0.39 is 0 Å². The number of carbonyl (C=O) groups is 1. The normalized spacial score (nSPS) is 26.2. The molecule has 3 heteroatoms. The molecule has 3 aliphatic rings. The summed E-state index contributed by atoms with van der Waals surface area (Å²) < 4.78 is 5.46. The van der Waals surface area contributed by atoms with E-state index in [1.54, 1.807) is 0 Å². The van der Waals surface area contributed by atoms with Crippen molar-refractivity contribution in [1.82, 2.24) is 4.90 Å². The maximum Gasteiger partial charge on any atom is 0.310 e. The largest absolute Gasteiger partial charge is 0.466 e. The van der Waals surface area contributed by atoms with Gasteiger partial charge in [-0.2, -0.15) is 0 Å². The van der Waals surface area contributed by atoms with Crippen LogP contribution in [0.5, 0.6) is 0 Å². The highest BCUT2D eigenvalue weighted by Gasteiger charge is 2.49. The predicted octanol–water partition coefficient (Wildman–Crippen LogP) is 5.02. The molecule has 1 saturated heterocycles. The summed E-state index contributed by atoms with van der Waals surface area (Å²) >= 11 is 0. The first-order chi connectivity index (χ1) is 14.2. The fourth-order valence-corrected chi connectivity index (χ4v) is 5.20. The molecule has 4 unspecified atom stereocenters. The molecule has 1 fully saturated rings. The maximum absolute atomic E-state index is 12.8. The molecule has 29 heavy (non-hydrogen) atoms. The van der Waals surface area contributed by atoms with Crippen LogP contribution in [0.25, 0.3) is 0 Å². The quantitative estimate of drug-likeness (QED) is 0.492. The molecule has 2 aliphatic heterocycles. The van der Waals surface area contributed by atoms with Gasteiger partial charge in [-0.25, -0.2) is 0 Å². The van der Waals surface area contributed by atoms with Crippen LogP contribution in [0.3, 0.4) is 0 Å². The average molecular weight is 390 g/mol. The number of nitrogens with zero attached hydrogens (tertiary/aromatic N) is 1. The zero-order valence-electron chi connectivity index (χ0n) is 17.5. The molecule has 2 aromatic carbocycles. The van der Waals surface area contributed by atoms with E-state index in [1.165, 1.54) is 16.7 Å². The SMILES string of the molecule is CCOC(=O)C1CC2C(CC)=CC1N(Cc1ccccc1)C2Cc1ccccc1. The number of hydrogen-bond donors (Lipinski definition) is 0. The Morgan fingerprint density at radius 3 is 2.28 bits per heavy atom. The van der Waals surface area contributed by atoms with Gasteiger partial charge in [-0.1, -0.05) is 79.2 Å². The first-order valence-electron chi connectivity index (χ1n) is 10.9. The molecule has 2 aromatic rings. The predicted molar refractivity (Wildman–Crippen MR) is 116 cm³/mol. The Labute approximate surface area is 174 Å². The molecule has 3 nitrogen and oxygen atoms in total. The van der Waals surface area contributed by atoms with Gasteiger partial charge < -0.3 is 4.74 Å². The Balaban J connectivity index is 1.68. The third-order valence-corrected chi connectivity index (χ3v) is 6.55. The highest BCUT2D eigenvalue weighted by molar-refractivity contribution is 5.74. The summed E-state index contributed by atoms with van der Waals surface area (Å²) in [4.78, 5) is 15.3. The van der Waals surface area contributed by atoms with Crippen molar-refractivity contribution in [2.45, 2.75) is 51.7 Å². The van der Waals surface area contributed by atoms with Crippen LogP contribution in [0, 0.1) is 11.8 Å². The Morgan fingerprint density at radius 1 is 1.00 bits per heavy atom. The lowest BCUT2D eigenvalue weighted by Gasteiger charge is -2.53. The minimum Gasteiger partial charge on any atom is -0.466 e. The number of ether oxygens (including phenoxy) is 1. The van der Waals surface area contributed by atoms with Crippen LogP contribution in [-0.2, 0) is 22.5 Å². The molecule has 0 radical (unpaired) electrons. The number of rotatable bonds is 7. The molecular formula is C26H31NO2. The Kier molecular flexibility index (Phi) is 6.15. The molecule has 0 saturated carbocycles. The van der Waals surface area contributed by atoms with Gasteiger partial charge in [-0.05, 0) is 43.2 Å².